The SMILES string of the molecule is CN1CCN(C(=O)C2CCN(C(=O)CCCN3C(=O)c4ccccc4N4C(=O)CCC34C)CC2)CC1. The quantitative estimate of drug-likeness (QED) is 0.622. The van der Waals surface area contributed by atoms with E-state index in [9.17, 15) is 19.2 Å². The van der Waals surface area contributed by atoms with Crippen LogP contribution in [0.5, 0.6) is 0 Å². The second-order valence-corrected chi connectivity index (χ2v) is 10.8. The molecule has 9 heteroatoms. The summed E-state index contributed by atoms with van der Waals surface area (Å²) in [4.78, 5) is 61.5. The summed E-state index contributed by atoms with van der Waals surface area (Å²) < 4.78 is 0. The van der Waals surface area contributed by atoms with Crippen molar-refractivity contribution in [3.8, 4) is 0 Å². The zero-order valence-electron chi connectivity index (χ0n) is 21.4. The van der Waals surface area contributed by atoms with E-state index in [1.54, 1.807) is 15.9 Å². The topological polar surface area (TPSA) is 84.5 Å². The standard InChI is InChI=1S/C27H37N5O4/c1-27-12-9-24(34)32(27)22-7-4-3-6-21(22)26(36)31(27)13-5-8-23(33)29-14-10-20(11-15-29)25(35)30-18-16-28(2)17-19-30/h3-4,6-7,20H,5,8-19H2,1-2H3. The van der Waals surface area contributed by atoms with Gasteiger partial charge in [-0.05, 0) is 51.8 Å². The van der Waals surface area contributed by atoms with Crippen molar-refractivity contribution in [3.05, 3.63) is 29.8 Å². The number of hydrogen-bond acceptors (Lipinski definition) is 5. The molecule has 3 saturated heterocycles. The van der Waals surface area contributed by atoms with Crippen molar-refractivity contribution in [2.24, 2.45) is 5.92 Å². The summed E-state index contributed by atoms with van der Waals surface area (Å²) in [7, 11) is 2.08. The Morgan fingerprint density at radius 1 is 0.972 bits per heavy atom. The molecule has 5 rings (SSSR count). The summed E-state index contributed by atoms with van der Waals surface area (Å²) in [5.74, 6) is 0.287. The zero-order valence-corrected chi connectivity index (χ0v) is 21.4. The van der Waals surface area contributed by atoms with Crippen molar-refractivity contribution in [1.29, 1.82) is 0 Å². The fraction of sp³-hybridized carbons (Fsp3) is 0.630. The normalized spacial score (nSPS) is 25.3. The summed E-state index contributed by atoms with van der Waals surface area (Å²) in [6, 6.07) is 7.29. The van der Waals surface area contributed by atoms with Gasteiger partial charge in [0.15, 0.2) is 0 Å². The van der Waals surface area contributed by atoms with Crippen molar-refractivity contribution >= 4 is 29.3 Å². The van der Waals surface area contributed by atoms with Crippen LogP contribution in [0.4, 0.5) is 5.69 Å². The van der Waals surface area contributed by atoms with Crippen molar-refractivity contribution in [2.45, 2.75) is 51.1 Å². The third-order valence-corrected chi connectivity index (χ3v) is 8.53. The van der Waals surface area contributed by atoms with E-state index in [-0.39, 0.29) is 29.5 Å². The highest BCUT2D eigenvalue weighted by Gasteiger charge is 2.52. The van der Waals surface area contributed by atoms with Gasteiger partial charge in [0.05, 0.1) is 11.3 Å². The Hall–Kier alpha value is -2.94. The largest absolute Gasteiger partial charge is 0.343 e. The summed E-state index contributed by atoms with van der Waals surface area (Å²) in [5.41, 5.74) is 0.547. The van der Waals surface area contributed by atoms with Gasteiger partial charge in [-0.1, -0.05) is 12.1 Å². The lowest BCUT2D eigenvalue weighted by Gasteiger charge is -2.48. The first kappa shape index (κ1) is 24.7. The average Bonchev–Trinajstić information content (AvgIpc) is 3.21. The molecule has 4 aliphatic rings. The molecular formula is C27H37N5O4. The highest BCUT2D eigenvalue weighted by atomic mass is 16.2. The Bertz CT molecular complexity index is 1040. The maximum Gasteiger partial charge on any atom is 0.257 e. The molecule has 0 aliphatic carbocycles. The van der Waals surface area contributed by atoms with Crippen LogP contribution in [0.25, 0.3) is 0 Å². The summed E-state index contributed by atoms with van der Waals surface area (Å²) in [6.07, 6.45) is 3.34. The number of likely N-dealkylation sites (N-methyl/N-ethyl adjacent to an activating group) is 1. The van der Waals surface area contributed by atoms with Crippen molar-refractivity contribution in [2.75, 3.05) is 57.8 Å². The molecule has 36 heavy (non-hydrogen) atoms. The van der Waals surface area contributed by atoms with Gasteiger partial charge < -0.3 is 19.6 Å². The van der Waals surface area contributed by atoms with Gasteiger partial charge in [-0.15, -0.1) is 0 Å². The first-order valence-corrected chi connectivity index (χ1v) is 13.3. The average molecular weight is 496 g/mol. The summed E-state index contributed by atoms with van der Waals surface area (Å²) in [6.45, 7) is 7.01. The van der Waals surface area contributed by atoms with Crippen LogP contribution >= 0.6 is 0 Å². The molecule has 1 atom stereocenters. The maximum absolute atomic E-state index is 13.4. The molecule has 0 spiro atoms. The number of carbonyl (C=O) groups excluding carboxylic acids is 4. The Balaban J connectivity index is 1.14. The number of piperazine rings is 1. The molecule has 3 fully saturated rings. The van der Waals surface area contributed by atoms with Crippen LogP contribution in [0, 0.1) is 5.92 Å². The molecule has 0 N–H and O–H groups in total. The van der Waals surface area contributed by atoms with Gasteiger partial charge in [0, 0.05) is 64.6 Å². The number of fused-ring (bicyclic) bond motifs is 3. The predicted molar refractivity (Wildman–Crippen MR) is 135 cm³/mol. The van der Waals surface area contributed by atoms with Crippen molar-refractivity contribution < 1.29 is 19.2 Å². The lowest BCUT2D eigenvalue weighted by atomic mass is 9.94. The molecule has 0 bridgehead atoms. The molecule has 4 aliphatic heterocycles. The van der Waals surface area contributed by atoms with E-state index in [0.29, 0.717) is 69.4 Å². The predicted octanol–water partition coefficient (Wildman–Crippen LogP) is 1.78. The minimum atomic E-state index is -0.687. The Labute approximate surface area is 213 Å². The van der Waals surface area contributed by atoms with E-state index in [1.807, 2.05) is 34.9 Å². The second kappa shape index (κ2) is 9.84. The fourth-order valence-electron chi connectivity index (χ4n) is 6.25. The molecule has 4 heterocycles. The Morgan fingerprint density at radius 3 is 2.39 bits per heavy atom. The highest BCUT2D eigenvalue weighted by molar-refractivity contribution is 6.10. The number of para-hydroxylation sites is 1. The smallest absolute Gasteiger partial charge is 0.257 e. The molecule has 1 aromatic carbocycles. The number of carbonyl (C=O) groups is 4. The van der Waals surface area contributed by atoms with E-state index < -0.39 is 5.66 Å². The highest BCUT2D eigenvalue weighted by Crippen LogP contribution is 2.44. The molecule has 9 nitrogen and oxygen atoms in total. The number of amides is 4. The van der Waals surface area contributed by atoms with E-state index in [4.69, 9.17) is 0 Å². The monoisotopic (exact) mass is 495 g/mol. The molecule has 0 radical (unpaired) electrons. The summed E-state index contributed by atoms with van der Waals surface area (Å²) >= 11 is 0. The molecule has 0 saturated carbocycles. The first-order valence-electron chi connectivity index (χ1n) is 13.3. The third kappa shape index (κ3) is 4.38. The van der Waals surface area contributed by atoms with Crippen LogP contribution in [0.3, 0.4) is 0 Å². The van der Waals surface area contributed by atoms with E-state index >= 15 is 0 Å². The van der Waals surface area contributed by atoms with Crippen LogP contribution in [-0.4, -0.2) is 102 Å². The number of rotatable bonds is 5. The minimum absolute atomic E-state index is 0.00864. The van der Waals surface area contributed by atoms with Gasteiger partial charge in [-0.2, -0.15) is 0 Å². The van der Waals surface area contributed by atoms with E-state index in [1.165, 1.54) is 0 Å². The maximum atomic E-state index is 13.4. The first-order chi connectivity index (χ1) is 17.3. The van der Waals surface area contributed by atoms with E-state index in [2.05, 4.69) is 11.9 Å². The van der Waals surface area contributed by atoms with Gasteiger partial charge in [0.1, 0.15) is 5.66 Å². The lowest BCUT2D eigenvalue weighted by molar-refractivity contribution is -0.142. The molecule has 1 unspecified atom stereocenters. The number of likely N-dealkylation sites (tertiary alicyclic amines) is 1. The molecular weight excluding hydrogens is 458 g/mol. The zero-order chi connectivity index (χ0) is 25.4. The van der Waals surface area contributed by atoms with Gasteiger partial charge >= 0.3 is 0 Å². The van der Waals surface area contributed by atoms with Crippen molar-refractivity contribution in [3.63, 3.8) is 0 Å². The van der Waals surface area contributed by atoms with E-state index in [0.717, 1.165) is 26.2 Å². The van der Waals surface area contributed by atoms with Crippen LogP contribution in [0.15, 0.2) is 24.3 Å². The van der Waals surface area contributed by atoms with Crippen LogP contribution in [0.1, 0.15) is 55.8 Å². The molecule has 4 amide bonds. The second-order valence-electron chi connectivity index (χ2n) is 10.8. The molecule has 0 aromatic heterocycles. The third-order valence-electron chi connectivity index (χ3n) is 8.53. The number of anilines is 1. The van der Waals surface area contributed by atoms with Crippen LogP contribution < -0.4 is 4.90 Å². The molecule has 1 aromatic rings. The Morgan fingerprint density at radius 2 is 1.67 bits per heavy atom. The van der Waals surface area contributed by atoms with Crippen molar-refractivity contribution in [1.82, 2.24) is 19.6 Å². The number of hydrogen-bond donors (Lipinski definition) is 0. The number of nitrogens with zero attached hydrogens (tertiary/aromatic N) is 5. The van der Waals surface area contributed by atoms with Crippen LogP contribution in [-0.2, 0) is 14.4 Å². The lowest BCUT2D eigenvalue weighted by Crippen LogP contribution is -2.62. The number of benzene rings is 1. The van der Waals surface area contributed by atoms with Gasteiger partial charge in [-0.3, -0.25) is 24.1 Å². The van der Waals surface area contributed by atoms with Crippen LogP contribution in [0.2, 0.25) is 0 Å². The number of piperidine rings is 1. The van der Waals surface area contributed by atoms with Gasteiger partial charge in [-0.25, -0.2) is 0 Å². The fourth-order valence-corrected chi connectivity index (χ4v) is 6.25. The van der Waals surface area contributed by atoms with Gasteiger partial charge in [0.25, 0.3) is 5.91 Å². The molecule has 194 valence electrons. The van der Waals surface area contributed by atoms with Gasteiger partial charge in [0.2, 0.25) is 17.7 Å². The summed E-state index contributed by atoms with van der Waals surface area (Å²) in [5, 5.41) is 0. The minimum Gasteiger partial charge on any atom is -0.343 e. The Kier molecular flexibility index (Phi) is 6.76.